The van der Waals surface area contributed by atoms with Gasteiger partial charge in [-0.1, -0.05) is 18.2 Å². The number of hydrogen-bond acceptors (Lipinski definition) is 4. The maximum atomic E-state index is 12.1. The highest BCUT2D eigenvalue weighted by atomic mass is 16.6. The van der Waals surface area contributed by atoms with Crippen LogP contribution in [0.3, 0.4) is 0 Å². The minimum Gasteiger partial charge on any atom is -0.444 e. The minimum atomic E-state index is -0.791. The Bertz CT molecular complexity index is 543. The lowest BCUT2D eigenvalue weighted by Gasteiger charge is -2.38. The number of nitrogens with zero attached hydrogens (tertiary/aromatic N) is 1. The molecule has 23 heavy (non-hydrogen) atoms. The van der Waals surface area contributed by atoms with Gasteiger partial charge in [0.15, 0.2) is 0 Å². The summed E-state index contributed by atoms with van der Waals surface area (Å²) >= 11 is 0. The van der Waals surface area contributed by atoms with Gasteiger partial charge in [0, 0.05) is 25.3 Å². The maximum Gasteiger partial charge on any atom is 0.410 e. The van der Waals surface area contributed by atoms with E-state index >= 15 is 0 Å². The van der Waals surface area contributed by atoms with Gasteiger partial charge in [-0.2, -0.15) is 0 Å². The van der Waals surface area contributed by atoms with Gasteiger partial charge < -0.3 is 20.1 Å². The van der Waals surface area contributed by atoms with Crippen molar-refractivity contribution in [3.63, 3.8) is 0 Å². The Morgan fingerprint density at radius 2 is 1.91 bits per heavy atom. The van der Waals surface area contributed by atoms with Crippen LogP contribution in [0.15, 0.2) is 24.3 Å². The summed E-state index contributed by atoms with van der Waals surface area (Å²) in [4.78, 5) is 13.7. The Labute approximate surface area is 138 Å². The number of nitrogens with one attached hydrogen (secondary N) is 1. The second-order valence-corrected chi connectivity index (χ2v) is 7.36. The number of carbonyl (C=O) groups excluding carboxylic acids is 1. The molecule has 0 bridgehead atoms. The zero-order valence-electron chi connectivity index (χ0n) is 14.6. The highest BCUT2D eigenvalue weighted by Gasteiger charge is 2.35. The summed E-state index contributed by atoms with van der Waals surface area (Å²) in [5, 5.41) is 14.0. The van der Waals surface area contributed by atoms with Gasteiger partial charge >= 0.3 is 6.09 Å². The van der Waals surface area contributed by atoms with E-state index in [0.717, 1.165) is 11.3 Å². The number of carbonyl (C=O) groups is 1. The molecular weight excluding hydrogens is 292 g/mol. The third-order valence-electron chi connectivity index (χ3n) is 4.10. The van der Waals surface area contributed by atoms with Crippen LogP contribution in [0.4, 0.5) is 10.5 Å². The first kappa shape index (κ1) is 17.6. The number of hydrogen-bond donors (Lipinski definition) is 2. The molecule has 0 radical (unpaired) electrons. The Morgan fingerprint density at radius 3 is 2.48 bits per heavy atom. The molecule has 0 saturated carbocycles. The van der Waals surface area contributed by atoms with Crippen LogP contribution in [0.1, 0.15) is 39.2 Å². The zero-order chi connectivity index (χ0) is 17.1. The van der Waals surface area contributed by atoms with E-state index in [1.807, 2.05) is 52.0 Å². The fourth-order valence-electron chi connectivity index (χ4n) is 2.64. The fraction of sp³-hybridized carbons (Fsp3) is 0.611. The number of benzene rings is 1. The molecular formula is C18H28N2O3. The summed E-state index contributed by atoms with van der Waals surface area (Å²) in [5.74, 6) is 0. The van der Waals surface area contributed by atoms with E-state index < -0.39 is 11.2 Å². The molecule has 1 aliphatic heterocycles. The molecule has 128 valence electrons. The number of likely N-dealkylation sites (tertiary alicyclic amines) is 1. The molecule has 1 aromatic carbocycles. The first-order valence-electron chi connectivity index (χ1n) is 8.18. The molecule has 1 aliphatic rings. The molecule has 5 nitrogen and oxygen atoms in total. The van der Waals surface area contributed by atoms with Gasteiger partial charge in [-0.3, -0.25) is 0 Å². The predicted molar refractivity (Wildman–Crippen MR) is 91.7 cm³/mol. The van der Waals surface area contributed by atoms with Crippen molar-refractivity contribution in [1.82, 2.24) is 4.90 Å². The lowest BCUT2D eigenvalue weighted by molar-refractivity contribution is -0.0244. The van der Waals surface area contributed by atoms with Crippen molar-refractivity contribution in [2.75, 3.05) is 25.0 Å². The lowest BCUT2D eigenvalue weighted by atomic mass is 9.91. The van der Waals surface area contributed by atoms with Crippen LogP contribution in [0.2, 0.25) is 0 Å². The molecule has 1 amide bonds. The third kappa shape index (κ3) is 5.13. The van der Waals surface area contributed by atoms with Crippen LogP contribution >= 0.6 is 0 Å². The van der Waals surface area contributed by atoms with Crippen molar-refractivity contribution < 1.29 is 14.6 Å². The highest BCUT2D eigenvalue weighted by molar-refractivity contribution is 5.68. The first-order valence-corrected chi connectivity index (χ1v) is 8.18. The number of anilines is 1. The molecule has 0 atom stereocenters. The standard InChI is InChI=1S/C18H28N2O3/c1-14-7-5-6-8-15(14)19-13-18(22)9-11-20(12-10-18)16(21)23-17(2,3)4/h5-8,19,22H,9-13H2,1-4H3. The smallest absolute Gasteiger partial charge is 0.410 e. The number of aliphatic hydroxyl groups is 1. The third-order valence-corrected chi connectivity index (χ3v) is 4.10. The Morgan fingerprint density at radius 1 is 1.30 bits per heavy atom. The minimum absolute atomic E-state index is 0.300. The maximum absolute atomic E-state index is 12.1. The van der Waals surface area contributed by atoms with Gasteiger partial charge in [0.1, 0.15) is 5.60 Å². The molecule has 1 aromatic rings. The number of ether oxygens (including phenoxy) is 1. The topological polar surface area (TPSA) is 61.8 Å². The normalized spacial score (nSPS) is 17.7. The molecule has 1 fully saturated rings. The quantitative estimate of drug-likeness (QED) is 0.898. The molecule has 0 unspecified atom stereocenters. The number of aryl methyl sites for hydroxylation is 1. The number of para-hydroxylation sites is 1. The van der Waals surface area contributed by atoms with Crippen LogP contribution in [0, 0.1) is 6.92 Å². The van der Waals surface area contributed by atoms with Crippen molar-refractivity contribution in [3.8, 4) is 0 Å². The Hall–Kier alpha value is -1.75. The lowest BCUT2D eigenvalue weighted by Crippen LogP contribution is -2.50. The van der Waals surface area contributed by atoms with E-state index in [9.17, 15) is 9.90 Å². The van der Waals surface area contributed by atoms with Gasteiger partial charge in [0.25, 0.3) is 0 Å². The molecule has 2 rings (SSSR count). The number of amides is 1. The largest absolute Gasteiger partial charge is 0.444 e. The van der Waals surface area contributed by atoms with Crippen molar-refractivity contribution in [2.45, 2.75) is 51.7 Å². The van der Waals surface area contributed by atoms with Crippen LogP contribution in [0.5, 0.6) is 0 Å². The second kappa shape index (κ2) is 6.79. The van der Waals surface area contributed by atoms with Gasteiger partial charge in [-0.05, 0) is 52.2 Å². The summed E-state index contributed by atoms with van der Waals surface area (Å²) in [7, 11) is 0. The van der Waals surface area contributed by atoms with E-state index in [0.29, 0.717) is 32.5 Å². The average Bonchev–Trinajstić information content (AvgIpc) is 2.45. The molecule has 0 spiro atoms. The highest BCUT2D eigenvalue weighted by Crippen LogP contribution is 2.25. The van der Waals surface area contributed by atoms with E-state index in [4.69, 9.17) is 4.74 Å². The van der Waals surface area contributed by atoms with E-state index in [1.54, 1.807) is 4.90 Å². The fourth-order valence-corrected chi connectivity index (χ4v) is 2.64. The summed E-state index contributed by atoms with van der Waals surface area (Å²) in [6, 6.07) is 8.02. The molecule has 5 heteroatoms. The Kier molecular flexibility index (Phi) is 5.19. The first-order chi connectivity index (χ1) is 10.7. The van der Waals surface area contributed by atoms with Gasteiger partial charge in [0.2, 0.25) is 0 Å². The van der Waals surface area contributed by atoms with Crippen molar-refractivity contribution >= 4 is 11.8 Å². The van der Waals surface area contributed by atoms with E-state index in [-0.39, 0.29) is 6.09 Å². The second-order valence-electron chi connectivity index (χ2n) is 7.36. The van der Waals surface area contributed by atoms with E-state index in [1.165, 1.54) is 0 Å². The molecule has 2 N–H and O–H groups in total. The summed E-state index contributed by atoms with van der Waals surface area (Å²) in [6.45, 7) is 9.13. The monoisotopic (exact) mass is 320 g/mol. The average molecular weight is 320 g/mol. The SMILES string of the molecule is Cc1ccccc1NCC1(O)CCN(C(=O)OC(C)(C)C)CC1. The van der Waals surface area contributed by atoms with Crippen molar-refractivity contribution in [2.24, 2.45) is 0 Å². The van der Waals surface area contributed by atoms with E-state index in [2.05, 4.69) is 5.32 Å². The van der Waals surface area contributed by atoms with Gasteiger partial charge in [-0.15, -0.1) is 0 Å². The number of piperidine rings is 1. The molecule has 1 saturated heterocycles. The van der Waals surface area contributed by atoms with Crippen LogP contribution in [-0.4, -0.2) is 46.9 Å². The predicted octanol–water partition coefficient (Wildman–Crippen LogP) is 3.17. The summed E-state index contributed by atoms with van der Waals surface area (Å²) in [5.41, 5.74) is 0.913. The molecule has 1 heterocycles. The van der Waals surface area contributed by atoms with Crippen LogP contribution < -0.4 is 5.32 Å². The van der Waals surface area contributed by atoms with Gasteiger partial charge in [-0.25, -0.2) is 4.79 Å². The summed E-state index contributed by atoms with van der Waals surface area (Å²) < 4.78 is 5.38. The van der Waals surface area contributed by atoms with Gasteiger partial charge in [0.05, 0.1) is 5.60 Å². The molecule has 0 aromatic heterocycles. The van der Waals surface area contributed by atoms with Crippen LogP contribution in [0.25, 0.3) is 0 Å². The van der Waals surface area contributed by atoms with Crippen LogP contribution in [-0.2, 0) is 4.74 Å². The summed E-state index contributed by atoms with van der Waals surface area (Å²) in [6.07, 6.45) is 0.794. The molecule has 0 aliphatic carbocycles. The zero-order valence-corrected chi connectivity index (χ0v) is 14.6. The Balaban J connectivity index is 1.85. The van der Waals surface area contributed by atoms with Crippen molar-refractivity contribution in [1.29, 1.82) is 0 Å². The number of rotatable bonds is 3. The van der Waals surface area contributed by atoms with Crippen molar-refractivity contribution in [3.05, 3.63) is 29.8 Å².